The molecule has 1 heterocycles. The highest BCUT2D eigenvalue weighted by Crippen LogP contribution is 2.24. The summed E-state index contributed by atoms with van der Waals surface area (Å²) >= 11 is 0. The fraction of sp³-hybridized carbons (Fsp3) is 0.300. The maximum atomic E-state index is 13.6. The van der Waals surface area contributed by atoms with Crippen LogP contribution in [0.1, 0.15) is 24.0 Å². The van der Waals surface area contributed by atoms with Crippen LogP contribution in [0.25, 0.3) is 0 Å². The summed E-state index contributed by atoms with van der Waals surface area (Å²) in [6, 6.07) is 14.0. The first-order chi connectivity index (χ1) is 13.4. The van der Waals surface area contributed by atoms with Crippen molar-refractivity contribution < 1.29 is 17.6 Å². The third-order valence-electron chi connectivity index (χ3n) is 4.86. The molecule has 1 aliphatic rings. The van der Waals surface area contributed by atoms with Gasteiger partial charge < -0.3 is 5.32 Å². The van der Waals surface area contributed by atoms with E-state index in [9.17, 15) is 17.6 Å². The Morgan fingerprint density at radius 2 is 1.79 bits per heavy atom. The van der Waals surface area contributed by atoms with Crippen LogP contribution in [0.15, 0.2) is 53.4 Å². The predicted molar refractivity (Wildman–Crippen MR) is 101 cm³/mol. The van der Waals surface area contributed by atoms with Gasteiger partial charge in [0, 0.05) is 31.1 Å². The van der Waals surface area contributed by atoms with E-state index in [0.29, 0.717) is 24.0 Å². The molecule has 0 saturated carbocycles. The number of hydrogen-bond donors (Lipinski definition) is 1. The number of nitrogens with one attached hydrogen (secondary N) is 1. The van der Waals surface area contributed by atoms with Gasteiger partial charge in [-0.3, -0.25) is 4.79 Å². The molecule has 1 saturated heterocycles. The standard InChI is InChI=1S/C20H20FN3O3S/c21-19-4-2-1-3-17(19)14-23-20(25)16-9-11-24(12-10-16)28(26,27)18-7-5-15(13-22)6-8-18/h1-8,16H,9-12,14H2,(H,23,25). The minimum Gasteiger partial charge on any atom is -0.352 e. The van der Waals surface area contributed by atoms with E-state index in [2.05, 4.69) is 5.32 Å². The third kappa shape index (κ3) is 4.38. The van der Waals surface area contributed by atoms with Gasteiger partial charge in [-0.15, -0.1) is 0 Å². The first-order valence-electron chi connectivity index (χ1n) is 8.93. The molecule has 1 amide bonds. The van der Waals surface area contributed by atoms with E-state index in [0.717, 1.165) is 0 Å². The van der Waals surface area contributed by atoms with E-state index in [-0.39, 0.29) is 42.2 Å². The Morgan fingerprint density at radius 3 is 2.39 bits per heavy atom. The van der Waals surface area contributed by atoms with Crippen molar-refractivity contribution in [1.29, 1.82) is 5.26 Å². The van der Waals surface area contributed by atoms with Crippen LogP contribution in [0.3, 0.4) is 0 Å². The number of sulfonamides is 1. The highest BCUT2D eigenvalue weighted by Gasteiger charge is 2.32. The Labute approximate surface area is 163 Å². The lowest BCUT2D eigenvalue weighted by atomic mass is 9.97. The molecule has 28 heavy (non-hydrogen) atoms. The molecule has 1 fully saturated rings. The van der Waals surface area contributed by atoms with Crippen LogP contribution in [0, 0.1) is 23.1 Å². The molecule has 2 aromatic rings. The number of nitriles is 1. The summed E-state index contributed by atoms with van der Waals surface area (Å²) in [5, 5.41) is 11.6. The number of hydrogen-bond acceptors (Lipinski definition) is 4. The molecule has 0 spiro atoms. The summed E-state index contributed by atoms with van der Waals surface area (Å²) in [5.74, 6) is -0.871. The van der Waals surface area contributed by atoms with Crippen molar-refractivity contribution in [2.24, 2.45) is 5.92 Å². The fourth-order valence-electron chi connectivity index (χ4n) is 3.18. The smallest absolute Gasteiger partial charge is 0.243 e. The lowest BCUT2D eigenvalue weighted by Crippen LogP contribution is -2.42. The third-order valence-corrected chi connectivity index (χ3v) is 6.77. The van der Waals surface area contributed by atoms with Gasteiger partial charge in [-0.05, 0) is 43.2 Å². The van der Waals surface area contributed by atoms with Crippen molar-refractivity contribution in [3.63, 3.8) is 0 Å². The summed E-state index contributed by atoms with van der Waals surface area (Å²) in [4.78, 5) is 12.5. The Hall–Kier alpha value is -2.76. The Bertz CT molecular complexity index is 992. The minimum atomic E-state index is -3.65. The molecule has 0 aromatic heterocycles. The van der Waals surface area contributed by atoms with Crippen LogP contribution in [0.2, 0.25) is 0 Å². The largest absolute Gasteiger partial charge is 0.352 e. The minimum absolute atomic E-state index is 0.106. The Balaban J connectivity index is 1.56. The van der Waals surface area contributed by atoms with E-state index >= 15 is 0 Å². The maximum absolute atomic E-state index is 13.6. The second-order valence-corrected chi connectivity index (χ2v) is 8.56. The summed E-state index contributed by atoms with van der Waals surface area (Å²) in [6.45, 7) is 0.579. The van der Waals surface area contributed by atoms with Crippen molar-refractivity contribution in [1.82, 2.24) is 9.62 Å². The molecule has 1 N–H and O–H groups in total. The average molecular weight is 401 g/mol. The van der Waals surface area contributed by atoms with Gasteiger partial charge in [-0.2, -0.15) is 9.57 Å². The van der Waals surface area contributed by atoms with Gasteiger partial charge in [-0.25, -0.2) is 12.8 Å². The molecule has 6 nitrogen and oxygen atoms in total. The predicted octanol–water partition coefficient (Wildman–Crippen LogP) is 2.41. The zero-order valence-electron chi connectivity index (χ0n) is 15.1. The van der Waals surface area contributed by atoms with E-state index < -0.39 is 10.0 Å². The van der Waals surface area contributed by atoms with Crippen LogP contribution >= 0.6 is 0 Å². The second-order valence-electron chi connectivity index (χ2n) is 6.62. The number of carbonyl (C=O) groups excluding carboxylic acids is 1. The van der Waals surface area contributed by atoms with Gasteiger partial charge in [0.05, 0.1) is 16.5 Å². The second kappa shape index (κ2) is 8.50. The average Bonchev–Trinajstić information content (AvgIpc) is 2.73. The SMILES string of the molecule is N#Cc1ccc(S(=O)(=O)N2CCC(C(=O)NCc3ccccc3F)CC2)cc1. The molecular weight excluding hydrogens is 381 g/mol. The lowest BCUT2D eigenvalue weighted by molar-refractivity contribution is -0.126. The molecule has 0 unspecified atom stereocenters. The van der Waals surface area contributed by atoms with Crippen LogP contribution in [0.4, 0.5) is 4.39 Å². The number of nitrogens with zero attached hydrogens (tertiary/aromatic N) is 2. The van der Waals surface area contributed by atoms with E-state index in [4.69, 9.17) is 5.26 Å². The molecule has 0 radical (unpaired) electrons. The molecule has 0 aliphatic carbocycles. The summed E-state index contributed by atoms with van der Waals surface area (Å²) in [6.07, 6.45) is 0.803. The van der Waals surface area contributed by atoms with E-state index in [1.54, 1.807) is 18.2 Å². The van der Waals surface area contributed by atoms with Gasteiger partial charge in [0.1, 0.15) is 5.82 Å². The highest BCUT2D eigenvalue weighted by molar-refractivity contribution is 7.89. The highest BCUT2D eigenvalue weighted by atomic mass is 32.2. The topological polar surface area (TPSA) is 90.3 Å². The summed E-state index contributed by atoms with van der Waals surface area (Å²) in [7, 11) is -3.65. The number of benzene rings is 2. The number of carbonyl (C=O) groups is 1. The van der Waals surface area contributed by atoms with Crippen molar-refractivity contribution in [3.05, 3.63) is 65.5 Å². The first kappa shape index (κ1) is 20.0. The van der Waals surface area contributed by atoms with Crippen LogP contribution in [-0.2, 0) is 21.4 Å². The lowest BCUT2D eigenvalue weighted by Gasteiger charge is -2.30. The molecule has 0 bridgehead atoms. The normalized spacial score (nSPS) is 15.7. The number of halogens is 1. The zero-order valence-corrected chi connectivity index (χ0v) is 16.0. The summed E-state index contributed by atoms with van der Waals surface area (Å²) < 4.78 is 40.4. The van der Waals surface area contributed by atoms with Gasteiger partial charge in [-0.1, -0.05) is 18.2 Å². The molecule has 2 aromatic carbocycles. The number of rotatable bonds is 5. The van der Waals surface area contributed by atoms with Crippen molar-refractivity contribution in [2.75, 3.05) is 13.1 Å². The van der Waals surface area contributed by atoms with Crippen LogP contribution in [-0.4, -0.2) is 31.7 Å². The van der Waals surface area contributed by atoms with Crippen LogP contribution in [0.5, 0.6) is 0 Å². The van der Waals surface area contributed by atoms with Crippen molar-refractivity contribution >= 4 is 15.9 Å². The Morgan fingerprint density at radius 1 is 1.14 bits per heavy atom. The van der Waals surface area contributed by atoms with Crippen molar-refractivity contribution in [2.45, 2.75) is 24.3 Å². The Kier molecular flexibility index (Phi) is 6.07. The van der Waals surface area contributed by atoms with Crippen LogP contribution < -0.4 is 5.32 Å². The molecule has 146 valence electrons. The van der Waals surface area contributed by atoms with Gasteiger partial charge in [0.15, 0.2) is 0 Å². The molecule has 0 atom stereocenters. The zero-order chi connectivity index (χ0) is 20.1. The number of piperidine rings is 1. The summed E-state index contributed by atoms with van der Waals surface area (Å²) in [5.41, 5.74) is 0.806. The van der Waals surface area contributed by atoms with Gasteiger partial charge in [0.25, 0.3) is 0 Å². The van der Waals surface area contributed by atoms with Crippen molar-refractivity contribution in [3.8, 4) is 6.07 Å². The molecule has 8 heteroatoms. The number of amides is 1. The van der Waals surface area contributed by atoms with E-state index in [1.165, 1.54) is 34.6 Å². The molecule has 1 aliphatic heterocycles. The van der Waals surface area contributed by atoms with Gasteiger partial charge >= 0.3 is 0 Å². The monoisotopic (exact) mass is 401 g/mol. The fourth-order valence-corrected chi connectivity index (χ4v) is 4.65. The van der Waals surface area contributed by atoms with Gasteiger partial charge in [0.2, 0.25) is 15.9 Å². The first-order valence-corrected chi connectivity index (χ1v) is 10.4. The molecule has 3 rings (SSSR count). The molecular formula is C20H20FN3O3S. The van der Waals surface area contributed by atoms with E-state index in [1.807, 2.05) is 6.07 Å². The quantitative estimate of drug-likeness (QED) is 0.833. The maximum Gasteiger partial charge on any atom is 0.243 e.